The van der Waals surface area contributed by atoms with E-state index in [0.717, 1.165) is 36.4 Å². The third kappa shape index (κ3) is 4.14. The van der Waals surface area contributed by atoms with Gasteiger partial charge in [0.2, 0.25) is 5.91 Å². The lowest BCUT2D eigenvalue weighted by Crippen LogP contribution is -2.23. The molecule has 150 valence electrons. The van der Waals surface area contributed by atoms with Crippen molar-refractivity contribution in [3.8, 4) is 0 Å². The summed E-state index contributed by atoms with van der Waals surface area (Å²) >= 11 is 0. The van der Waals surface area contributed by atoms with Crippen molar-refractivity contribution in [1.29, 1.82) is 0 Å². The standard InChI is InChI=1S/C21H27N3O3S/c1-4-23(5-2)18-10-13-20(16(3)15-18)22-28(26,27)19-11-8-17(9-12-19)24-14-6-7-21(24)25/h8-13,15,22H,4-7,14H2,1-3H3. The van der Waals surface area contributed by atoms with Crippen LogP contribution < -0.4 is 14.5 Å². The number of hydrogen-bond donors (Lipinski definition) is 1. The van der Waals surface area contributed by atoms with E-state index in [1.807, 2.05) is 19.1 Å². The second-order valence-electron chi connectivity index (χ2n) is 6.92. The molecule has 0 bridgehead atoms. The molecule has 1 saturated heterocycles. The fourth-order valence-corrected chi connectivity index (χ4v) is 4.61. The van der Waals surface area contributed by atoms with Crippen LogP contribution in [0, 0.1) is 6.92 Å². The predicted molar refractivity (Wildman–Crippen MR) is 114 cm³/mol. The average molecular weight is 402 g/mol. The summed E-state index contributed by atoms with van der Waals surface area (Å²) < 4.78 is 28.2. The molecule has 0 aliphatic carbocycles. The highest BCUT2D eigenvalue weighted by atomic mass is 32.2. The van der Waals surface area contributed by atoms with Gasteiger partial charge in [0.1, 0.15) is 0 Å². The number of carbonyl (C=O) groups is 1. The summed E-state index contributed by atoms with van der Waals surface area (Å²) in [6, 6.07) is 12.2. The Balaban J connectivity index is 1.79. The van der Waals surface area contributed by atoms with Crippen LogP contribution in [0.25, 0.3) is 0 Å². The maximum atomic E-state index is 12.8. The van der Waals surface area contributed by atoms with Crippen LogP contribution in [0.5, 0.6) is 0 Å². The van der Waals surface area contributed by atoms with Crippen LogP contribution in [-0.2, 0) is 14.8 Å². The molecule has 0 spiro atoms. The minimum atomic E-state index is -3.70. The number of nitrogens with one attached hydrogen (secondary N) is 1. The zero-order valence-corrected chi connectivity index (χ0v) is 17.4. The van der Waals surface area contributed by atoms with Crippen molar-refractivity contribution in [2.75, 3.05) is 34.2 Å². The van der Waals surface area contributed by atoms with E-state index in [1.54, 1.807) is 35.2 Å². The molecule has 7 heteroatoms. The number of nitrogens with zero attached hydrogens (tertiary/aromatic N) is 2. The SMILES string of the molecule is CCN(CC)c1ccc(NS(=O)(=O)c2ccc(N3CCCC3=O)cc2)c(C)c1. The monoisotopic (exact) mass is 401 g/mol. The van der Waals surface area contributed by atoms with Crippen molar-refractivity contribution in [3.05, 3.63) is 48.0 Å². The smallest absolute Gasteiger partial charge is 0.261 e. The fourth-order valence-electron chi connectivity index (χ4n) is 3.48. The number of rotatable bonds is 7. The van der Waals surface area contributed by atoms with Crippen molar-refractivity contribution < 1.29 is 13.2 Å². The van der Waals surface area contributed by atoms with Crippen LogP contribution in [0.4, 0.5) is 17.1 Å². The summed E-state index contributed by atoms with van der Waals surface area (Å²) in [5.41, 5.74) is 3.24. The Labute approximate surface area is 167 Å². The molecule has 1 N–H and O–H groups in total. The van der Waals surface area contributed by atoms with E-state index in [1.165, 1.54) is 0 Å². The molecule has 1 amide bonds. The lowest BCUT2D eigenvalue weighted by Gasteiger charge is -2.22. The highest BCUT2D eigenvalue weighted by Crippen LogP contribution is 2.27. The lowest BCUT2D eigenvalue weighted by atomic mass is 10.1. The van der Waals surface area contributed by atoms with Gasteiger partial charge >= 0.3 is 0 Å². The Kier molecular flexibility index (Phi) is 5.93. The molecule has 1 fully saturated rings. The van der Waals surface area contributed by atoms with E-state index < -0.39 is 10.0 Å². The quantitative estimate of drug-likeness (QED) is 0.767. The molecule has 1 aliphatic rings. The average Bonchev–Trinajstić information content (AvgIpc) is 3.11. The lowest BCUT2D eigenvalue weighted by molar-refractivity contribution is -0.117. The van der Waals surface area contributed by atoms with Gasteiger partial charge in [-0.05, 0) is 75.2 Å². The van der Waals surface area contributed by atoms with E-state index in [0.29, 0.717) is 18.7 Å². The van der Waals surface area contributed by atoms with Gasteiger partial charge in [-0.25, -0.2) is 8.42 Å². The summed E-state index contributed by atoms with van der Waals surface area (Å²) in [7, 11) is -3.70. The Morgan fingerprint density at radius 3 is 2.29 bits per heavy atom. The summed E-state index contributed by atoms with van der Waals surface area (Å²) in [4.78, 5) is 15.9. The second kappa shape index (κ2) is 8.22. The fraction of sp³-hybridized carbons (Fsp3) is 0.381. The first-order chi connectivity index (χ1) is 13.4. The molecular formula is C21H27N3O3S. The molecule has 1 heterocycles. The normalized spacial score (nSPS) is 14.4. The largest absolute Gasteiger partial charge is 0.372 e. The van der Waals surface area contributed by atoms with E-state index in [4.69, 9.17) is 0 Å². The minimum Gasteiger partial charge on any atom is -0.372 e. The predicted octanol–water partition coefficient (Wildman–Crippen LogP) is 3.77. The van der Waals surface area contributed by atoms with Gasteiger partial charge in [0.05, 0.1) is 10.6 Å². The molecular weight excluding hydrogens is 374 g/mol. The Morgan fingerprint density at radius 1 is 1.07 bits per heavy atom. The van der Waals surface area contributed by atoms with E-state index in [-0.39, 0.29) is 10.8 Å². The maximum absolute atomic E-state index is 12.8. The van der Waals surface area contributed by atoms with Gasteiger partial charge in [-0.1, -0.05) is 0 Å². The number of carbonyl (C=O) groups excluding carboxylic acids is 1. The van der Waals surface area contributed by atoms with Crippen molar-refractivity contribution >= 4 is 33.0 Å². The van der Waals surface area contributed by atoms with Gasteiger partial charge in [0.25, 0.3) is 10.0 Å². The number of hydrogen-bond acceptors (Lipinski definition) is 4. The van der Waals surface area contributed by atoms with Crippen LogP contribution in [0.3, 0.4) is 0 Å². The summed E-state index contributed by atoms with van der Waals surface area (Å²) in [5.74, 6) is 0.0812. The van der Waals surface area contributed by atoms with Crippen molar-refractivity contribution in [3.63, 3.8) is 0 Å². The number of benzene rings is 2. The van der Waals surface area contributed by atoms with Gasteiger partial charge in [-0.3, -0.25) is 9.52 Å². The maximum Gasteiger partial charge on any atom is 0.261 e. The number of amides is 1. The van der Waals surface area contributed by atoms with Gasteiger partial charge in [-0.15, -0.1) is 0 Å². The zero-order chi connectivity index (χ0) is 20.3. The molecule has 28 heavy (non-hydrogen) atoms. The molecule has 0 unspecified atom stereocenters. The van der Waals surface area contributed by atoms with Crippen molar-refractivity contribution in [2.24, 2.45) is 0 Å². The summed E-state index contributed by atoms with van der Waals surface area (Å²) in [6.45, 7) is 8.55. The topological polar surface area (TPSA) is 69.7 Å². The van der Waals surface area contributed by atoms with Crippen LogP contribution in [0.2, 0.25) is 0 Å². The first kappa shape index (κ1) is 20.2. The highest BCUT2D eigenvalue weighted by molar-refractivity contribution is 7.92. The first-order valence-corrected chi connectivity index (χ1v) is 11.1. The molecule has 2 aromatic rings. The molecule has 3 rings (SSSR count). The van der Waals surface area contributed by atoms with Crippen LogP contribution in [0.15, 0.2) is 47.4 Å². The Bertz CT molecular complexity index is 951. The van der Waals surface area contributed by atoms with Gasteiger partial charge in [-0.2, -0.15) is 0 Å². The minimum absolute atomic E-state index is 0.0812. The number of aryl methyl sites for hydroxylation is 1. The molecule has 6 nitrogen and oxygen atoms in total. The molecule has 0 atom stereocenters. The van der Waals surface area contributed by atoms with Crippen molar-refractivity contribution in [2.45, 2.75) is 38.5 Å². The number of sulfonamides is 1. The van der Waals surface area contributed by atoms with Gasteiger partial charge in [0.15, 0.2) is 0 Å². The molecule has 2 aromatic carbocycles. The third-order valence-electron chi connectivity index (χ3n) is 5.12. The zero-order valence-electron chi connectivity index (χ0n) is 16.6. The van der Waals surface area contributed by atoms with E-state index >= 15 is 0 Å². The van der Waals surface area contributed by atoms with Gasteiger partial charge < -0.3 is 9.80 Å². The van der Waals surface area contributed by atoms with Crippen molar-refractivity contribution in [1.82, 2.24) is 0 Å². The Hall–Kier alpha value is -2.54. The summed E-state index contributed by atoms with van der Waals surface area (Å²) in [5, 5.41) is 0. The molecule has 0 radical (unpaired) electrons. The molecule has 0 aromatic heterocycles. The third-order valence-corrected chi connectivity index (χ3v) is 6.50. The Morgan fingerprint density at radius 2 is 1.75 bits per heavy atom. The van der Waals surface area contributed by atoms with Gasteiger partial charge in [0, 0.05) is 37.4 Å². The van der Waals surface area contributed by atoms with Crippen LogP contribution in [0.1, 0.15) is 32.3 Å². The second-order valence-corrected chi connectivity index (χ2v) is 8.60. The number of anilines is 3. The summed E-state index contributed by atoms with van der Waals surface area (Å²) in [6.07, 6.45) is 1.38. The van der Waals surface area contributed by atoms with Crippen LogP contribution >= 0.6 is 0 Å². The highest BCUT2D eigenvalue weighted by Gasteiger charge is 2.22. The molecule has 0 saturated carbocycles. The van der Waals surface area contributed by atoms with E-state index in [9.17, 15) is 13.2 Å². The van der Waals surface area contributed by atoms with E-state index in [2.05, 4.69) is 23.5 Å². The van der Waals surface area contributed by atoms with Crippen LogP contribution in [-0.4, -0.2) is 34.0 Å². The molecule has 1 aliphatic heterocycles. The first-order valence-electron chi connectivity index (χ1n) is 9.64.